The molecule has 0 aliphatic carbocycles. The van der Waals surface area contributed by atoms with E-state index in [0.29, 0.717) is 36.4 Å². The van der Waals surface area contributed by atoms with Crippen LogP contribution in [0.4, 0.5) is 0 Å². The van der Waals surface area contributed by atoms with E-state index in [-0.39, 0.29) is 5.91 Å². The van der Waals surface area contributed by atoms with Crippen molar-refractivity contribution >= 4 is 23.3 Å². The molecule has 7 heteroatoms. The Morgan fingerprint density at radius 2 is 2.38 bits per heavy atom. The Bertz CT molecular complexity index is 868. The second-order valence-electron chi connectivity index (χ2n) is 6.37. The first-order valence-electron chi connectivity index (χ1n) is 8.63. The highest BCUT2D eigenvalue weighted by Crippen LogP contribution is 2.23. The molecule has 1 aliphatic heterocycles. The Balaban J connectivity index is 1.35. The van der Waals surface area contributed by atoms with Crippen LogP contribution in [0.1, 0.15) is 24.5 Å². The molecule has 4 heterocycles. The van der Waals surface area contributed by atoms with Crippen LogP contribution in [0.3, 0.4) is 0 Å². The number of carbonyl (C=O) groups is 1. The third kappa shape index (κ3) is 3.94. The second-order valence-corrected chi connectivity index (χ2v) is 7.15. The SMILES string of the molecule is O=C(/C=C/c1ccco1)N1CCC[C@H](Cc2nc(-c3ccsc3)no2)C1. The van der Waals surface area contributed by atoms with Crippen LogP contribution in [0.25, 0.3) is 17.5 Å². The highest BCUT2D eigenvalue weighted by molar-refractivity contribution is 7.08. The number of furan rings is 1. The van der Waals surface area contributed by atoms with Gasteiger partial charge in [-0.05, 0) is 48.4 Å². The van der Waals surface area contributed by atoms with Crippen molar-refractivity contribution in [2.45, 2.75) is 19.3 Å². The summed E-state index contributed by atoms with van der Waals surface area (Å²) in [5.41, 5.74) is 0.980. The molecule has 134 valence electrons. The summed E-state index contributed by atoms with van der Waals surface area (Å²) in [5.74, 6) is 2.29. The normalized spacial score (nSPS) is 17.8. The average molecular weight is 369 g/mol. The van der Waals surface area contributed by atoms with Crippen LogP contribution in [0.2, 0.25) is 0 Å². The predicted molar refractivity (Wildman–Crippen MR) is 98.4 cm³/mol. The molecule has 4 rings (SSSR count). The van der Waals surface area contributed by atoms with E-state index < -0.39 is 0 Å². The number of rotatable bonds is 5. The minimum absolute atomic E-state index is 0.00981. The van der Waals surface area contributed by atoms with Gasteiger partial charge in [-0.2, -0.15) is 16.3 Å². The van der Waals surface area contributed by atoms with Crippen LogP contribution >= 0.6 is 11.3 Å². The lowest BCUT2D eigenvalue weighted by molar-refractivity contribution is -0.127. The van der Waals surface area contributed by atoms with E-state index in [9.17, 15) is 4.79 Å². The molecule has 0 N–H and O–H groups in total. The van der Waals surface area contributed by atoms with Crippen LogP contribution in [0.15, 0.2) is 50.2 Å². The Hall–Kier alpha value is -2.67. The first-order chi connectivity index (χ1) is 12.8. The predicted octanol–water partition coefficient (Wildman–Crippen LogP) is 3.89. The topological polar surface area (TPSA) is 72.4 Å². The molecule has 1 saturated heterocycles. The maximum atomic E-state index is 12.4. The first kappa shape index (κ1) is 16.8. The summed E-state index contributed by atoms with van der Waals surface area (Å²) in [5, 5.41) is 8.05. The van der Waals surface area contributed by atoms with Crippen molar-refractivity contribution in [2.24, 2.45) is 5.92 Å². The molecule has 3 aromatic rings. The van der Waals surface area contributed by atoms with Crippen LogP contribution in [0.5, 0.6) is 0 Å². The number of thiophene rings is 1. The van der Waals surface area contributed by atoms with Gasteiger partial charge >= 0.3 is 0 Å². The van der Waals surface area contributed by atoms with E-state index in [4.69, 9.17) is 8.94 Å². The summed E-state index contributed by atoms with van der Waals surface area (Å²) in [6.07, 6.45) is 7.61. The fraction of sp³-hybridized carbons (Fsp3) is 0.316. The molecule has 1 aliphatic rings. The van der Waals surface area contributed by atoms with Crippen LogP contribution in [-0.2, 0) is 11.2 Å². The van der Waals surface area contributed by atoms with Gasteiger partial charge in [-0.3, -0.25) is 4.79 Å². The molecule has 1 fully saturated rings. The summed E-state index contributed by atoms with van der Waals surface area (Å²) in [7, 11) is 0. The molecule has 0 aromatic carbocycles. The quantitative estimate of drug-likeness (QED) is 0.638. The number of piperidine rings is 1. The van der Waals surface area contributed by atoms with Gasteiger partial charge in [0.05, 0.1) is 6.26 Å². The molecule has 0 unspecified atom stereocenters. The molecular weight excluding hydrogens is 350 g/mol. The van der Waals surface area contributed by atoms with Crippen LogP contribution in [0, 0.1) is 5.92 Å². The van der Waals surface area contributed by atoms with Gasteiger partial charge in [0, 0.05) is 36.5 Å². The lowest BCUT2D eigenvalue weighted by Gasteiger charge is -2.31. The molecule has 0 saturated carbocycles. The van der Waals surface area contributed by atoms with Crippen molar-refractivity contribution in [3.63, 3.8) is 0 Å². The fourth-order valence-corrected chi connectivity index (χ4v) is 3.80. The molecule has 3 aromatic heterocycles. The van der Waals surface area contributed by atoms with E-state index in [1.54, 1.807) is 35.8 Å². The van der Waals surface area contributed by atoms with Gasteiger partial charge in [0.25, 0.3) is 0 Å². The molecule has 1 atom stereocenters. The van der Waals surface area contributed by atoms with Gasteiger partial charge in [0.15, 0.2) is 0 Å². The Kier molecular flexibility index (Phi) is 4.97. The number of carbonyl (C=O) groups excluding carboxylic acids is 1. The molecule has 0 bridgehead atoms. The molecule has 1 amide bonds. The van der Waals surface area contributed by atoms with Gasteiger partial charge in [-0.15, -0.1) is 0 Å². The van der Waals surface area contributed by atoms with Crippen molar-refractivity contribution in [2.75, 3.05) is 13.1 Å². The van der Waals surface area contributed by atoms with E-state index in [1.807, 2.05) is 27.8 Å². The van der Waals surface area contributed by atoms with Crippen molar-refractivity contribution in [3.05, 3.63) is 52.9 Å². The zero-order chi connectivity index (χ0) is 17.8. The average Bonchev–Trinajstić information content (AvgIpc) is 3.41. The third-order valence-electron chi connectivity index (χ3n) is 4.47. The summed E-state index contributed by atoms with van der Waals surface area (Å²) < 4.78 is 10.6. The zero-order valence-corrected chi connectivity index (χ0v) is 15.0. The van der Waals surface area contributed by atoms with Crippen molar-refractivity contribution < 1.29 is 13.7 Å². The molecule has 0 radical (unpaired) electrons. The fourth-order valence-electron chi connectivity index (χ4n) is 3.17. The van der Waals surface area contributed by atoms with Gasteiger partial charge in [-0.25, -0.2) is 0 Å². The molecule has 26 heavy (non-hydrogen) atoms. The number of amides is 1. The standard InChI is InChI=1S/C19H19N3O3S/c23-18(6-5-16-4-2-9-24-16)22-8-1-3-14(12-22)11-17-20-19(21-25-17)15-7-10-26-13-15/h2,4-7,9-10,13-14H,1,3,8,11-12H2/b6-5+/t14-/m1/s1. The highest BCUT2D eigenvalue weighted by atomic mass is 32.1. The third-order valence-corrected chi connectivity index (χ3v) is 5.16. The van der Waals surface area contributed by atoms with Crippen molar-refractivity contribution in [1.29, 1.82) is 0 Å². The maximum absolute atomic E-state index is 12.4. The van der Waals surface area contributed by atoms with E-state index in [0.717, 1.165) is 24.9 Å². The lowest BCUT2D eigenvalue weighted by Crippen LogP contribution is -2.39. The summed E-state index contributed by atoms with van der Waals surface area (Å²) in [6.45, 7) is 1.49. The summed E-state index contributed by atoms with van der Waals surface area (Å²) in [4.78, 5) is 18.8. The van der Waals surface area contributed by atoms with Crippen molar-refractivity contribution in [1.82, 2.24) is 15.0 Å². The lowest BCUT2D eigenvalue weighted by atomic mass is 9.94. The van der Waals surface area contributed by atoms with Gasteiger partial charge in [-0.1, -0.05) is 5.16 Å². The monoisotopic (exact) mass is 369 g/mol. The highest BCUT2D eigenvalue weighted by Gasteiger charge is 2.24. The summed E-state index contributed by atoms with van der Waals surface area (Å²) >= 11 is 1.61. The summed E-state index contributed by atoms with van der Waals surface area (Å²) in [6, 6.07) is 5.60. The van der Waals surface area contributed by atoms with E-state index >= 15 is 0 Å². The Labute approximate surface area is 155 Å². The second kappa shape index (κ2) is 7.70. The zero-order valence-electron chi connectivity index (χ0n) is 14.2. The largest absolute Gasteiger partial charge is 0.465 e. The van der Waals surface area contributed by atoms with Crippen molar-refractivity contribution in [3.8, 4) is 11.4 Å². The Morgan fingerprint density at radius 3 is 3.19 bits per heavy atom. The van der Waals surface area contributed by atoms with Gasteiger partial charge in [0.1, 0.15) is 5.76 Å². The number of aromatic nitrogens is 2. The number of hydrogen-bond acceptors (Lipinski definition) is 6. The smallest absolute Gasteiger partial charge is 0.246 e. The minimum atomic E-state index is 0.00981. The number of nitrogens with zero attached hydrogens (tertiary/aromatic N) is 3. The number of likely N-dealkylation sites (tertiary alicyclic amines) is 1. The van der Waals surface area contributed by atoms with E-state index in [1.165, 1.54) is 0 Å². The van der Waals surface area contributed by atoms with Gasteiger partial charge in [0.2, 0.25) is 17.6 Å². The van der Waals surface area contributed by atoms with Crippen LogP contribution < -0.4 is 0 Å². The molecule has 6 nitrogen and oxygen atoms in total. The van der Waals surface area contributed by atoms with E-state index in [2.05, 4.69) is 10.1 Å². The Morgan fingerprint density at radius 1 is 1.42 bits per heavy atom. The first-order valence-corrected chi connectivity index (χ1v) is 9.58. The van der Waals surface area contributed by atoms with Gasteiger partial charge < -0.3 is 13.8 Å². The molecular formula is C19H19N3O3S. The molecule has 0 spiro atoms. The van der Waals surface area contributed by atoms with Crippen LogP contribution in [-0.4, -0.2) is 34.0 Å². The maximum Gasteiger partial charge on any atom is 0.246 e. The number of hydrogen-bond donors (Lipinski definition) is 0. The minimum Gasteiger partial charge on any atom is -0.465 e.